The minimum absolute atomic E-state index is 0.172. The van der Waals surface area contributed by atoms with E-state index in [1.807, 2.05) is 6.08 Å². The largest absolute Gasteiger partial charge is 0.394 e. The van der Waals surface area contributed by atoms with E-state index in [0.717, 1.165) is 38.5 Å². The number of aliphatic hydroxyl groups excluding tert-OH is 5. The molecular weight excluding hydrogens is 899 g/mol. The van der Waals surface area contributed by atoms with Crippen LogP contribution < -0.4 is 5.32 Å². The lowest BCUT2D eigenvalue weighted by molar-refractivity contribution is -0.302. The van der Waals surface area contributed by atoms with E-state index in [0.29, 0.717) is 6.42 Å². The molecule has 7 unspecified atom stereocenters. The van der Waals surface area contributed by atoms with E-state index in [1.54, 1.807) is 6.08 Å². The van der Waals surface area contributed by atoms with E-state index in [1.165, 1.54) is 270 Å². The second kappa shape index (κ2) is 53.3. The fourth-order valence-corrected chi connectivity index (χ4v) is 10.6. The zero-order valence-corrected chi connectivity index (χ0v) is 47.7. The lowest BCUT2D eigenvalue weighted by atomic mass is 9.99. The molecule has 1 aliphatic heterocycles. The van der Waals surface area contributed by atoms with Gasteiger partial charge in [-0.2, -0.15) is 0 Å². The zero-order chi connectivity index (χ0) is 52.2. The Kier molecular flexibility index (Phi) is 51.1. The molecule has 0 aliphatic carbocycles. The maximum absolute atomic E-state index is 13.0. The van der Waals surface area contributed by atoms with Crippen LogP contribution in [0.25, 0.3) is 0 Å². The third-order valence-electron chi connectivity index (χ3n) is 15.6. The van der Waals surface area contributed by atoms with Crippen LogP contribution in [0.1, 0.15) is 328 Å². The number of aliphatic hydroxyl groups is 5. The van der Waals surface area contributed by atoms with E-state index in [9.17, 15) is 30.3 Å². The van der Waals surface area contributed by atoms with Gasteiger partial charge in [0.15, 0.2) is 6.29 Å². The van der Waals surface area contributed by atoms with Crippen molar-refractivity contribution in [2.75, 3.05) is 13.2 Å². The molecule has 0 bridgehead atoms. The molecule has 9 nitrogen and oxygen atoms in total. The number of carbonyl (C=O) groups is 1. The normalized spacial score (nSPS) is 19.1. The molecule has 72 heavy (non-hydrogen) atoms. The molecule has 0 aromatic rings. The smallest absolute Gasteiger partial charge is 0.220 e. The van der Waals surface area contributed by atoms with Crippen LogP contribution in [0.4, 0.5) is 0 Å². The summed E-state index contributed by atoms with van der Waals surface area (Å²) in [6.45, 7) is 3.79. The summed E-state index contributed by atoms with van der Waals surface area (Å²) in [5.74, 6) is -0.172. The third kappa shape index (κ3) is 42.1. The predicted molar refractivity (Wildman–Crippen MR) is 304 cm³/mol. The highest BCUT2D eigenvalue weighted by molar-refractivity contribution is 5.76. The Morgan fingerprint density at radius 3 is 1.08 bits per heavy atom. The predicted octanol–water partition coefficient (Wildman–Crippen LogP) is 16.4. The number of ether oxygens (including phenoxy) is 2. The third-order valence-corrected chi connectivity index (χ3v) is 15.6. The highest BCUT2D eigenvalue weighted by atomic mass is 16.7. The Labute approximate surface area is 446 Å². The summed E-state index contributed by atoms with van der Waals surface area (Å²) < 4.78 is 11.2. The highest BCUT2D eigenvalue weighted by Gasteiger charge is 2.44. The van der Waals surface area contributed by atoms with Gasteiger partial charge < -0.3 is 40.3 Å². The number of hydrogen-bond acceptors (Lipinski definition) is 8. The molecule has 1 aliphatic rings. The first-order valence-electron chi connectivity index (χ1n) is 31.9. The van der Waals surface area contributed by atoms with E-state index in [4.69, 9.17) is 9.47 Å². The van der Waals surface area contributed by atoms with E-state index < -0.39 is 49.5 Å². The van der Waals surface area contributed by atoms with Crippen LogP contribution in [0.5, 0.6) is 0 Å². The quantitative estimate of drug-likeness (QED) is 0.0261. The van der Waals surface area contributed by atoms with Gasteiger partial charge in [0.25, 0.3) is 0 Å². The molecule has 7 atom stereocenters. The Balaban J connectivity index is 1.97. The molecule has 1 rings (SSSR count). The van der Waals surface area contributed by atoms with Gasteiger partial charge in [-0.05, 0) is 19.3 Å². The molecule has 0 aromatic heterocycles. The summed E-state index contributed by atoms with van der Waals surface area (Å²) in [6, 6.07) is -0.799. The fourth-order valence-electron chi connectivity index (χ4n) is 10.6. The zero-order valence-electron chi connectivity index (χ0n) is 47.7. The molecule has 1 heterocycles. The first-order valence-corrected chi connectivity index (χ1v) is 31.9. The Morgan fingerprint density at radius 2 is 0.764 bits per heavy atom. The van der Waals surface area contributed by atoms with Gasteiger partial charge in [-0.25, -0.2) is 0 Å². The van der Waals surface area contributed by atoms with Crippen LogP contribution in [-0.2, 0) is 14.3 Å². The molecule has 1 saturated heterocycles. The average Bonchev–Trinajstić information content (AvgIpc) is 3.38. The number of allylic oxidation sites excluding steroid dienone is 1. The van der Waals surface area contributed by atoms with Gasteiger partial charge >= 0.3 is 0 Å². The lowest BCUT2D eigenvalue weighted by Gasteiger charge is -2.40. The minimum atomic E-state index is -1.56. The summed E-state index contributed by atoms with van der Waals surface area (Å²) in [6.07, 6.45) is 60.6. The molecule has 6 N–H and O–H groups in total. The van der Waals surface area contributed by atoms with Crippen molar-refractivity contribution < 1.29 is 39.8 Å². The molecule has 428 valence electrons. The van der Waals surface area contributed by atoms with Crippen molar-refractivity contribution in [1.29, 1.82) is 0 Å². The summed E-state index contributed by atoms with van der Waals surface area (Å²) >= 11 is 0. The first-order chi connectivity index (χ1) is 35.3. The monoisotopic (exact) mass is 1020 g/mol. The summed E-state index contributed by atoms with van der Waals surface area (Å²) in [5, 5.41) is 54.3. The maximum atomic E-state index is 13.0. The summed E-state index contributed by atoms with van der Waals surface area (Å²) in [5.41, 5.74) is 0. The Hall–Kier alpha value is -1.07. The molecule has 0 saturated carbocycles. The van der Waals surface area contributed by atoms with Gasteiger partial charge in [0.05, 0.1) is 25.4 Å². The number of hydrogen-bond donors (Lipinski definition) is 6. The maximum Gasteiger partial charge on any atom is 0.220 e. The van der Waals surface area contributed by atoms with Crippen LogP contribution in [0, 0.1) is 0 Å². The molecule has 1 fully saturated rings. The molecule has 0 spiro atoms. The number of unbranched alkanes of at least 4 members (excludes halogenated alkanes) is 46. The summed E-state index contributed by atoms with van der Waals surface area (Å²) in [7, 11) is 0. The fraction of sp³-hybridized carbons (Fsp3) is 0.952. The number of nitrogens with one attached hydrogen (secondary N) is 1. The van der Waals surface area contributed by atoms with Crippen molar-refractivity contribution in [3.8, 4) is 0 Å². The van der Waals surface area contributed by atoms with Crippen LogP contribution >= 0.6 is 0 Å². The average molecular weight is 1020 g/mol. The Morgan fingerprint density at radius 1 is 0.458 bits per heavy atom. The molecule has 0 radical (unpaired) electrons. The lowest BCUT2D eigenvalue weighted by Crippen LogP contribution is -2.60. The van der Waals surface area contributed by atoms with Crippen LogP contribution in [0.2, 0.25) is 0 Å². The standard InChI is InChI=1S/C63H123NO8/c1-3-5-7-9-11-13-15-16-17-18-19-20-21-22-23-24-25-26-27-28-29-30-31-32-33-34-35-36-37-38-39-40-41-42-43-45-47-49-51-53-59(67)64-56(55-71-63-62(70)61(69)60(68)58(54-65)72-63)57(66)52-50-48-46-44-14-12-10-8-6-4-2/h50,52,56-58,60-63,65-66,68-70H,3-49,51,53-55H2,1-2H3,(H,64,67)/b52-50+. The highest BCUT2D eigenvalue weighted by Crippen LogP contribution is 2.23. The van der Waals surface area contributed by atoms with Gasteiger partial charge in [-0.3, -0.25) is 4.79 Å². The van der Waals surface area contributed by atoms with Gasteiger partial charge in [0.1, 0.15) is 24.4 Å². The van der Waals surface area contributed by atoms with Crippen molar-refractivity contribution in [3.63, 3.8) is 0 Å². The van der Waals surface area contributed by atoms with E-state index >= 15 is 0 Å². The second-order valence-electron chi connectivity index (χ2n) is 22.6. The van der Waals surface area contributed by atoms with Crippen molar-refractivity contribution in [2.45, 2.75) is 371 Å². The van der Waals surface area contributed by atoms with Gasteiger partial charge in [0, 0.05) is 6.42 Å². The molecular formula is C63H123NO8. The Bertz CT molecular complexity index is 1140. The van der Waals surface area contributed by atoms with Crippen molar-refractivity contribution >= 4 is 5.91 Å². The van der Waals surface area contributed by atoms with Crippen LogP contribution in [0.3, 0.4) is 0 Å². The number of carbonyl (C=O) groups excluding carboxylic acids is 1. The molecule has 1 amide bonds. The minimum Gasteiger partial charge on any atom is -0.394 e. The van der Waals surface area contributed by atoms with Crippen molar-refractivity contribution in [2.24, 2.45) is 0 Å². The van der Waals surface area contributed by atoms with Gasteiger partial charge in [-0.1, -0.05) is 315 Å². The van der Waals surface area contributed by atoms with Gasteiger partial charge in [-0.15, -0.1) is 0 Å². The van der Waals surface area contributed by atoms with Gasteiger partial charge in [0.2, 0.25) is 5.91 Å². The van der Waals surface area contributed by atoms with E-state index in [2.05, 4.69) is 19.2 Å². The van der Waals surface area contributed by atoms with Crippen molar-refractivity contribution in [1.82, 2.24) is 5.32 Å². The number of amides is 1. The second-order valence-corrected chi connectivity index (χ2v) is 22.6. The summed E-state index contributed by atoms with van der Waals surface area (Å²) in [4.78, 5) is 13.0. The SMILES string of the molecule is CCCCCCCCCC/C=C/C(O)C(COC1OC(CO)C(O)C(O)C1O)NC(=O)CCCCCCCCCCCCCCCCCCCCCCCCCCCCCCCCCCCCCCCCC. The first kappa shape index (κ1) is 68.9. The van der Waals surface area contributed by atoms with E-state index in [-0.39, 0.29) is 12.5 Å². The van der Waals surface area contributed by atoms with Crippen LogP contribution in [-0.4, -0.2) is 87.5 Å². The van der Waals surface area contributed by atoms with Crippen LogP contribution in [0.15, 0.2) is 12.2 Å². The molecule has 9 heteroatoms. The molecule has 0 aromatic carbocycles. The topological polar surface area (TPSA) is 149 Å². The number of rotatable bonds is 56. The van der Waals surface area contributed by atoms with Crippen molar-refractivity contribution in [3.05, 3.63) is 12.2 Å².